The molecule has 150 valence electrons. The molecule has 0 aliphatic carbocycles. The lowest BCUT2D eigenvalue weighted by Gasteiger charge is -2.11. The molecule has 0 radical (unpaired) electrons. The molecular formula is C18H17F3N2O3S2. The summed E-state index contributed by atoms with van der Waals surface area (Å²) in [5, 5.41) is 0.0992. The first-order valence-electron chi connectivity index (χ1n) is 8.15. The van der Waals surface area contributed by atoms with Gasteiger partial charge in [-0.3, -0.25) is 0 Å². The molecule has 1 aromatic heterocycles. The Bertz CT molecular complexity index is 1090. The van der Waals surface area contributed by atoms with Gasteiger partial charge in [0, 0.05) is 19.3 Å². The number of oxazole rings is 1. The van der Waals surface area contributed by atoms with Gasteiger partial charge in [-0.1, -0.05) is 23.9 Å². The van der Waals surface area contributed by atoms with Crippen molar-refractivity contribution in [3.63, 3.8) is 0 Å². The molecule has 0 spiro atoms. The number of nitrogens with zero attached hydrogens (tertiary/aromatic N) is 2. The highest BCUT2D eigenvalue weighted by molar-refractivity contribution is 7.99. The predicted molar refractivity (Wildman–Crippen MR) is 101 cm³/mol. The van der Waals surface area contributed by atoms with Crippen LogP contribution >= 0.6 is 11.8 Å². The van der Waals surface area contributed by atoms with Crippen LogP contribution < -0.4 is 0 Å². The first kappa shape index (κ1) is 20.7. The van der Waals surface area contributed by atoms with E-state index < -0.39 is 21.8 Å². The molecule has 0 aliphatic heterocycles. The Morgan fingerprint density at radius 2 is 1.75 bits per heavy atom. The summed E-state index contributed by atoms with van der Waals surface area (Å²) in [6.45, 7) is 1.82. The van der Waals surface area contributed by atoms with Gasteiger partial charge < -0.3 is 4.42 Å². The van der Waals surface area contributed by atoms with Gasteiger partial charge >= 0.3 is 6.18 Å². The third-order valence-corrected chi connectivity index (χ3v) is 6.92. The molecule has 2 aromatic carbocycles. The van der Waals surface area contributed by atoms with E-state index in [4.69, 9.17) is 4.42 Å². The van der Waals surface area contributed by atoms with Gasteiger partial charge in [-0.2, -0.15) is 13.2 Å². The van der Waals surface area contributed by atoms with E-state index in [0.29, 0.717) is 21.9 Å². The second-order valence-electron chi connectivity index (χ2n) is 6.28. The number of thioether (sulfide) groups is 1. The van der Waals surface area contributed by atoms with Crippen molar-refractivity contribution in [2.24, 2.45) is 0 Å². The van der Waals surface area contributed by atoms with Crippen molar-refractivity contribution in [2.75, 3.05) is 14.1 Å². The molecule has 3 rings (SSSR count). The minimum Gasteiger partial charge on any atom is -0.431 e. The summed E-state index contributed by atoms with van der Waals surface area (Å²) in [4.78, 5) is 4.40. The van der Waals surface area contributed by atoms with Gasteiger partial charge in [-0.05, 0) is 42.8 Å². The monoisotopic (exact) mass is 430 g/mol. The van der Waals surface area contributed by atoms with Gasteiger partial charge in [0.05, 0.1) is 10.5 Å². The number of hydrogen-bond acceptors (Lipinski definition) is 5. The molecule has 0 fully saturated rings. The van der Waals surface area contributed by atoms with Crippen LogP contribution in [0.1, 0.15) is 23.3 Å². The van der Waals surface area contributed by atoms with Gasteiger partial charge in [0.1, 0.15) is 5.52 Å². The molecule has 3 aromatic rings. The highest BCUT2D eigenvalue weighted by atomic mass is 32.2. The first-order valence-corrected chi connectivity index (χ1v) is 10.5. The van der Waals surface area contributed by atoms with E-state index in [-0.39, 0.29) is 10.1 Å². The van der Waals surface area contributed by atoms with E-state index >= 15 is 0 Å². The smallest absolute Gasteiger partial charge is 0.416 e. The molecule has 0 N–H and O–H groups in total. The molecule has 28 heavy (non-hydrogen) atoms. The van der Waals surface area contributed by atoms with E-state index in [0.717, 1.165) is 16.4 Å². The van der Waals surface area contributed by atoms with E-state index in [1.54, 1.807) is 0 Å². The summed E-state index contributed by atoms with van der Waals surface area (Å²) in [5.41, 5.74) is 0.811. The van der Waals surface area contributed by atoms with E-state index in [2.05, 4.69) is 4.98 Å². The van der Waals surface area contributed by atoms with Crippen LogP contribution in [-0.4, -0.2) is 31.8 Å². The zero-order chi connectivity index (χ0) is 20.7. The van der Waals surface area contributed by atoms with Crippen molar-refractivity contribution in [2.45, 2.75) is 28.5 Å². The molecule has 5 nitrogen and oxygen atoms in total. The lowest BCUT2D eigenvalue weighted by atomic mass is 10.1. The van der Waals surface area contributed by atoms with Crippen LogP contribution in [0, 0.1) is 0 Å². The number of aromatic nitrogens is 1. The van der Waals surface area contributed by atoms with Crippen molar-refractivity contribution in [1.29, 1.82) is 0 Å². The molecule has 10 heteroatoms. The zero-order valence-corrected chi connectivity index (χ0v) is 16.8. The average Bonchev–Trinajstić information content (AvgIpc) is 3.02. The van der Waals surface area contributed by atoms with Gasteiger partial charge in [0.2, 0.25) is 10.0 Å². The minimum atomic E-state index is -4.38. The molecule has 0 saturated carbocycles. The molecule has 0 amide bonds. The second-order valence-corrected chi connectivity index (χ2v) is 9.72. The van der Waals surface area contributed by atoms with Crippen molar-refractivity contribution in [1.82, 2.24) is 9.29 Å². The van der Waals surface area contributed by atoms with Crippen molar-refractivity contribution in [3.8, 4) is 0 Å². The minimum absolute atomic E-state index is 0.102. The lowest BCUT2D eigenvalue weighted by molar-refractivity contribution is -0.137. The van der Waals surface area contributed by atoms with Crippen molar-refractivity contribution < 1.29 is 26.0 Å². The molecule has 0 bridgehead atoms. The molecule has 0 saturated heterocycles. The normalized spacial score (nSPS) is 14.0. The largest absolute Gasteiger partial charge is 0.431 e. The van der Waals surface area contributed by atoms with Crippen LogP contribution in [0.4, 0.5) is 13.2 Å². The number of rotatable bonds is 5. The third-order valence-electron chi connectivity index (χ3n) is 4.10. The second kappa shape index (κ2) is 7.41. The van der Waals surface area contributed by atoms with Crippen LogP contribution in [0.25, 0.3) is 11.1 Å². The molecule has 1 unspecified atom stereocenters. The maximum Gasteiger partial charge on any atom is 0.416 e. The maximum absolute atomic E-state index is 12.7. The molecular weight excluding hydrogens is 413 g/mol. The van der Waals surface area contributed by atoms with Crippen LogP contribution in [-0.2, 0) is 16.2 Å². The maximum atomic E-state index is 12.7. The lowest BCUT2D eigenvalue weighted by Crippen LogP contribution is -2.22. The summed E-state index contributed by atoms with van der Waals surface area (Å²) in [6.07, 6.45) is -4.38. The molecule has 1 atom stereocenters. The average molecular weight is 430 g/mol. The number of fused-ring (bicyclic) bond motifs is 1. The van der Waals surface area contributed by atoms with Gasteiger partial charge in [-0.15, -0.1) is 0 Å². The Labute approximate surface area is 164 Å². The highest BCUT2D eigenvalue weighted by Crippen LogP contribution is 2.37. The summed E-state index contributed by atoms with van der Waals surface area (Å²) in [5.74, 6) is 0. The zero-order valence-electron chi connectivity index (χ0n) is 15.2. The Balaban J connectivity index is 1.82. The van der Waals surface area contributed by atoms with Gasteiger partial charge in [0.15, 0.2) is 5.58 Å². The van der Waals surface area contributed by atoms with E-state index in [9.17, 15) is 21.6 Å². The van der Waals surface area contributed by atoms with Gasteiger partial charge in [-0.25, -0.2) is 17.7 Å². The predicted octanol–water partition coefficient (Wildman–Crippen LogP) is 4.95. The Morgan fingerprint density at radius 1 is 1.11 bits per heavy atom. The quantitative estimate of drug-likeness (QED) is 0.536. The Morgan fingerprint density at radius 3 is 2.32 bits per heavy atom. The fraction of sp³-hybridized carbons (Fsp3) is 0.278. The number of hydrogen-bond donors (Lipinski definition) is 0. The molecule has 1 heterocycles. The van der Waals surface area contributed by atoms with E-state index in [1.165, 1.54) is 56.2 Å². The van der Waals surface area contributed by atoms with Crippen LogP contribution in [0.2, 0.25) is 0 Å². The number of benzene rings is 2. The third kappa shape index (κ3) is 4.18. The van der Waals surface area contributed by atoms with Gasteiger partial charge in [0.25, 0.3) is 5.22 Å². The Kier molecular flexibility index (Phi) is 5.48. The number of alkyl halides is 3. The summed E-state index contributed by atoms with van der Waals surface area (Å²) in [6, 6.07) is 9.33. The first-order chi connectivity index (χ1) is 13.0. The Hall–Kier alpha value is -2.04. The fourth-order valence-corrected chi connectivity index (χ4v) is 4.28. The molecule has 0 aliphatic rings. The highest BCUT2D eigenvalue weighted by Gasteiger charge is 2.30. The van der Waals surface area contributed by atoms with Crippen LogP contribution in [0.3, 0.4) is 0 Å². The number of sulfonamides is 1. The fourth-order valence-electron chi connectivity index (χ4n) is 2.47. The summed E-state index contributed by atoms with van der Waals surface area (Å²) >= 11 is 1.24. The van der Waals surface area contributed by atoms with Crippen molar-refractivity contribution >= 4 is 32.9 Å². The topological polar surface area (TPSA) is 63.4 Å². The van der Waals surface area contributed by atoms with E-state index in [1.807, 2.05) is 6.92 Å². The van der Waals surface area contributed by atoms with Crippen molar-refractivity contribution in [3.05, 3.63) is 53.6 Å². The SMILES string of the molecule is CC(Sc1nc2cc(S(=O)(=O)N(C)C)ccc2o1)c1ccc(C(F)(F)F)cc1. The van der Waals surface area contributed by atoms with Crippen LogP contribution in [0.15, 0.2) is 57.0 Å². The summed E-state index contributed by atoms with van der Waals surface area (Å²) < 4.78 is 69.2. The number of halogens is 3. The standard InChI is InChI=1S/C18H17F3N2O3S2/c1-11(12-4-6-13(7-5-12)18(19,20)21)27-17-22-15-10-14(8-9-16(15)26-17)28(24,25)23(2)3/h4-11H,1-3H3. The summed E-state index contributed by atoms with van der Waals surface area (Å²) in [7, 11) is -0.709. The van der Waals surface area contributed by atoms with Crippen LogP contribution in [0.5, 0.6) is 0 Å².